The number of allylic oxidation sites excluding steroid dienone is 1. The Morgan fingerprint density at radius 3 is 3.10 bits per heavy atom. The predicted octanol–water partition coefficient (Wildman–Crippen LogP) is 2.99. The van der Waals surface area contributed by atoms with Gasteiger partial charge in [-0.2, -0.15) is 0 Å². The molecule has 0 atom stereocenters. The van der Waals surface area contributed by atoms with Gasteiger partial charge in [-0.1, -0.05) is 25.8 Å². The number of nitrogens with one attached hydrogen (secondary N) is 1. The lowest BCUT2D eigenvalue weighted by molar-refractivity contribution is 0.210. The van der Waals surface area contributed by atoms with E-state index in [1.807, 2.05) is 22.8 Å². The summed E-state index contributed by atoms with van der Waals surface area (Å²) in [7, 11) is 1.69. The third kappa shape index (κ3) is 3.81. The highest BCUT2D eigenvalue weighted by Gasteiger charge is 2.02. The van der Waals surface area contributed by atoms with Crippen LogP contribution in [-0.4, -0.2) is 34.9 Å². The van der Waals surface area contributed by atoms with Crippen molar-refractivity contribution in [3.05, 3.63) is 30.1 Å². The van der Waals surface area contributed by atoms with Crippen molar-refractivity contribution < 1.29 is 4.74 Å². The van der Waals surface area contributed by atoms with Gasteiger partial charge in [-0.05, 0) is 24.6 Å². The number of hydrogen-bond donors (Lipinski definition) is 1. The summed E-state index contributed by atoms with van der Waals surface area (Å²) in [6, 6.07) is 3.90. The Morgan fingerprint density at radius 1 is 1.40 bits per heavy atom. The van der Waals surface area contributed by atoms with Gasteiger partial charge in [0.1, 0.15) is 5.82 Å². The molecule has 20 heavy (non-hydrogen) atoms. The van der Waals surface area contributed by atoms with Gasteiger partial charge >= 0.3 is 0 Å². The molecule has 0 aliphatic rings. The highest BCUT2D eigenvalue weighted by molar-refractivity contribution is 5.53. The maximum atomic E-state index is 5.02. The Hall–Kier alpha value is -1.88. The zero-order valence-corrected chi connectivity index (χ0v) is 12.2. The summed E-state index contributed by atoms with van der Waals surface area (Å²) >= 11 is 0. The van der Waals surface area contributed by atoms with Gasteiger partial charge in [-0.3, -0.25) is 0 Å². The number of nitrogens with zero attached hydrogens (tertiary/aromatic N) is 3. The molecular formula is C15H22N4O. The Kier molecular flexibility index (Phi) is 5.55. The van der Waals surface area contributed by atoms with E-state index in [-0.39, 0.29) is 0 Å². The van der Waals surface area contributed by atoms with Crippen LogP contribution in [0.3, 0.4) is 0 Å². The van der Waals surface area contributed by atoms with Crippen LogP contribution >= 0.6 is 0 Å². The number of anilines is 1. The SMILES string of the molecule is CCCCC=Cc1cnc2ccc(NCCOC)nn12. The molecule has 2 aromatic heterocycles. The van der Waals surface area contributed by atoms with Crippen molar-refractivity contribution >= 4 is 17.5 Å². The first kappa shape index (κ1) is 14.5. The topological polar surface area (TPSA) is 51.5 Å². The van der Waals surface area contributed by atoms with Crippen molar-refractivity contribution in [3.63, 3.8) is 0 Å². The minimum Gasteiger partial charge on any atom is -0.383 e. The van der Waals surface area contributed by atoms with Crippen molar-refractivity contribution in [1.29, 1.82) is 0 Å². The van der Waals surface area contributed by atoms with Gasteiger partial charge in [0.05, 0.1) is 18.5 Å². The maximum absolute atomic E-state index is 5.02. The van der Waals surface area contributed by atoms with E-state index in [1.165, 1.54) is 12.8 Å². The minimum atomic E-state index is 0.660. The fourth-order valence-corrected chi connectivity index (χ4v) is 1.91. The van der Waals surface area contributed by atoms with E-state index in [9.17, 15) is 0 Å². The molecule has 0 saturated heterocycles. The Balaban J connectivity index is 2.10. The van der Waals surface area contributed by atoms with E-state index < -0.39 is 0 Å². The van der Waals surface area contributed by atoms with E-state index in [0.717, 1.165) is 30.1 Å². The lowest BCUT2D eigenvalue weighted by Gasteiger charge is -2.05. The number of hydrogen-bond acceptors (Lipinski definition) is 4. The van der Waals surface area contributed by atoms with Crippen molar-refractivity contribution in [2.45, 2.75) is 26.2 Å². The molecule has 0 aliphatic carbocycles. The molecule has 5 heteroatoms. The molecule has 0 fully saturated rings. The van der Waals surface area contributed by atoms with Gasteiger partial charge in [0, 0.05) is 13.7 Å². The number of fused-ring (bicyclic) bond motifs is 1. The second-order valence-corrected chi connectivity index (χ2v) is 4.64. The largest absolute Gasteiger partial charge is 0.383 e. The van der Waals surface area contributed by atoms with Gasteiger partial charge < -0.3 is 10.1 Å². The molecule has 2 rings (SSSR count). The number of aromatic nitrogens is 3. The summed E-state index contributed by atoms with van der Waals surface area (Å²) < 4.78 is 6.87. The summed E-state index contributed by atoms with van der Waals surface area (Å²) in [5, 5.41) is 7.76. The van der Waals surface area contributed by atoms with Gasteiger partial charge in [0.2, 0.25) is 0 Å². The summed E-state index contributed by atoms with van der Waals surface area (Å²) in [6.07, 6.45) is 9.63. The molecule has 5 nitrogen and oxygen atoms in total. The molecule has 0 bridgehead atoms. The lowest BCUT2D eigenvalue weighted by Crippen LogP contribution is -2.10. The van der Waals surface area contributed by atoms with Crippen LogP contribution in [0.1, 0.15) is 31.9 Å². The summed E-state index contributed by atoms with van der Waals surface area (Å²) in [6.45, 7) is 3.60. The van der Waals surface area contributed by atoms with E-state index in [0.29, 0.717) is 6.61 Å². The molecule has 0 aliphatic heterocycles. The molecule has 2 aromatic rings. The molecule has 0 aromatic carbocycles. The number of methoxy groups -OCH3 is 1. The van der Waals surface area contributed by atoms with Crippen LogP contribution in [0.4, 0.5) is 5.82 Å². The molecule has 0 amide bonds. The van der Waals surface area contributed by atoms with Crippen LogP contribution < -0.4 is 5.32 Å². The molecule has 0 spiro atoms. The minimum absolute atomic E-state index is 0.660. The maximum Gasteiger partial charge on any atom is 0.154 e. The van der Waals surface area contributed by atoms with Gasteiger partial charge in [-0.25, -0.2) is 9.50 Å². The molecule has 0 unspecified atom stereocenters. The third-order valence-electron chi connectivity index (χ3n) is 3.01. The van der Waals surface area contributed by atoms with Crippen LogP contribution in [0, 0.1) is 0 Å². The Morgan fingerprint density at radius 2 is 2.30 bits per heavy atom. The van der Waals surface area contributed by atoms with Crippen molar-refractivity contribution in [1.82, 2.24) is 14.6 Å². The average Bonchev–Trinajstić information content (AvgIpc) is 2.87. The quantitative estimate of drug-likeness (QED) is 0.752. The van der Waals surface area contributed by atoms with Crippen LogP contribution in [0.5, 0.6) is 0 Å². The van der Waals surface area contributed by atoms with Crippen LogP contribution in [0.15, 0.2) is 24.4 Å². The zero-order chi connectivity index (χ0) is 14.2. The summed E-state index contributed by atoms with van der Waals surface area (Å²) in [5.74, 6) is 0.829. The first-order chi connectivity index (χ1) is 9.85. The van der Waals surface area contributed by atoms with Crippen molar-refractivity contribution in [2.75, 3.05) is 25.6 Å². The van der Waals surface area contributed by atoms with Gasteiger partial charge in [0.25, 0.3) is 0 Å². The average molecular weight is 274 g/mol. The predicted molar refractivity (Wildman–Crippen MR) is 81.9 cm³/mol. The summed E-state index contributed by atoms with van der Waals surface area (Å²) in [4.78, 5) is 4.35. The number of ether oxygens (including phenoxy) is 1. The molecular weight excluding hydrogens is 252 g/mol. The number of imidazole rings is 1. The molecule has 108 valence electrons. The van der Waals surface area contributed by atoms with Crippen LogP contribution in [0.25, 0.3) is 11.7 Å². The van der Waals surface area contributed by atoms with E-state index in [1.54, 1.807) is 7.11 Å². The van der Waals surface area contributed by atoms with E-state index in [2.05, 4.69) is 34.5 Å². The zero-order valence-electron chi connectivity index (χ0n) is 12.2. The molecule has 1 N–H and O–H groups in total. The second-order valence-electron chi connectivity index (χ2n) is 4.64. The fourth-order valence-electron chi connectivity index (χ4n) is 1.91. The molecule has 0 saturated carbocycles. The first-order valence-corrected chi connectivity index (χ1v) is 7.09. The van der Waals surface area contributed by atoms with E-state index in [4.69, 9.17) is 4.74 Å². The van der Waals surface area contributed by atoms with Crippen LogP contribution in [0.2, 0.25) is 0 Å². The van der Waals surface area contributed by atoms with Crippen LogP contribution in [-0.2, 0) is 4.74 Å². The third-order valence-corrected chi connectivity index (χ3v) is 3.01. The second kappa shape index (κ2) is 7.65. The van der Waals surface area contributed by atoms with Crippen molar-refractivity contribution in [2.24, 2.45) is 0 Å². The molecule has 0 radical (unpaired) electrons. The Bertz CT molecular complexity index is 562. The Labute approximate surface area is 119 Å². The van der Waals surface area contributed by atoms with E-state index >= 15 is 0 Å². The highest BCUT2D eigenvalue weighted by atomic mass is 16.5. The number of unbranched alkanes of at least 4 members (excludes halogenated alkanes) is 2. The van der Waals surface area contributed by atoms with Gasteiger partial charge in [-0.15, -0.1) is 5.10 Å². The first-order valence-electron chi connectivity index (χ1n) is 7.09. The highest BCUT2D eigenvalue weighted by Crippen LogP contribution is 2.11. The summed E-state index contributed by atoms with van der Waals surface area (Å²) in [5.41, 5.74) is 1.86. The fraction of sp³-hybridized carbons (Fsp3) is 0.467. The van der Waals surface area contributed by atoms with Gasteiger partial charge in [0.15, 0.2) is 5.65 Å². The van der Waals surface area contributed by atoms with Crippen molar-refractivity contribution in [3.8, 4) is 0 Å². The lowest BCUT2D eigenvalue weighted by atomic mass is 10.2. The standard InChI is InChI=1S/C15H22N4O/c1-3-4-5-6-7-13-12-17-15-9-8-14(18-19(13)15)16-10-11-20-2/h6-9,12H,3-5,10-11H2,1-2H3,(H,16,18). The number of rotatable bonds is 8. The monoisotopic (exact) mass is 274 g/mol. The molecule has 2 heterocycles. The normalized spacial score (nSPS) is 11.5. The smallest absolute Gasteiger partial charge is 0.154 e.